The van der Waals surface area contributed by atoms with Gasteiger partial charge in [-0.25, -0.2) is 0 Å². The van der Waals surface area contributed by atoms with Crippen molar-refractivity contribution in [3.05, 3.63) is 145 Å². The van der Waals surface area contributed by atoms with E-state index in [1.54, 1.807) is 26.2 Å². The summed E-state index contributed by atoms with van der Waals surface area (Å²) >= 11 is 0. The van der Waals surface area contributed by atoms with Crippen molar-refractivity contribution in [2.24, 2.45) is 14.1 Å². The van der Waals surface area contributed by atoms with Gasteiger partial charge in [-0.15, -0.1) is 0 Å². The molecule has 0 saturated heterocycles. The second-order valence-electron chi connectivity index (χ2n) is 7.53. The molecule has 0 unspecified atom stereocenters. The minimum absolute atomic E-state index is 0.225. The number of allylic oxidation sites excluding steroid dienone is 1. The number of aromatic nitrogens is 2. The fourth-order valence-electron chi connectivity index (χ4n) is 3.65. The highest BCUT2D eigenvalue weighted by molar-refractivity contribution is 5.83. The third-order valence-electron chi connectivity index (χ3n) is 5.45. The van der Waals surface area contributed by atoms with Crippen LogP contribution < -0.4 is 21.8 Å². The van der Waals surface area contributed by atoms with E-state index >= 15 is 0 Å². The van der Waals surface area contributed by atoms with Crippen LogP contribution in [0.3, 0.4) is 0 Å². The quantitative estimate of drug-likeness (QED) is 0.510. The molecule has 0 spiro atoms. The zero-order valence-corrected chi connectivity index (χ0v) is 18.1. The zero-order chi connectivity index (χ0) is 22.5. The maximum Gasteiger partial charge on any atom is 0.274 e. The molecule has 0 aliphatic carbocycles. The predicted octanol–water partition coefficient (Wildman–Crippen LogP) is 2.83. The fraction of sp³-hybridized carbons (Fsp3) is 0.0714. The van der Waals surface area contributed by atoms with Crippen LogP contribution in [0.25, 0.3) is 17.7 Å². The predicted molar refractivity (Wildman–Crippen MR) is 131 cm³/mol. The van der Waals surface area contributed by atoms with E-state index in [4.69, 9.17) is 0 Å². The molecule has 32 heavy (non-hydrogen) atoms. The first-order valence-electron chi connectivity index (χ1n) is 10.4. The smallest absolute Gasteiger partial charge is 0.274 e. The molecule has 0 saturated carbocycles. The molecule has 4 nitrogen and oxygen atoms in total. The minimum atomic E-state index is -0.231. The van der Waals surface area contributed by atoms with E-state index in [0.29, 0.717) is 10.7 Å². The Morgan fingerprint density at radius 1 is 0.625 bits per heavy atom. The van der Waals surface area contributed by atoms with E-state index in [-0.39, 0.29) is 11.1 Å². The van der Waals surface area contributed by atoms with Gasteiger partial charge in [0.05, 0.1) is 0 Å². The Hall–Kier alpha value is -4.18. The zero-order valence-electron chi connectivity index (χ0n) is 18.1. The van der Waals surface area contributed by atoms with Gasteiger partial charge in [0.1, 0.15) is 10.7 Å². The Labute approximate surface area is 186 Å². The maximum absolute atomic E-state index is 13.2. The van der Waals surface area contributed by atoms with E-state index in [2.05, 4.69) is 0 Å². The first-order valence-corrected chi connectivity index (χ1v) is 10.4. The molecule has 0 atom stereocenters. The maximum atomic E-state index is 13.2. The minimum Gasteiger partial charge on any atom is -0.305 e. The summed E-state index contributed by atoms with van der Waals surface area (Å²) in [5, 5.41) is 0.670. The highest BCUT2D eigenvalue weighted by atomic mass is 16.1. The first kappa shape index (κ1) is 21.1. The van der Waals surface area contributed by atoms with Crippen molar-refractivity contribution in [1.29, 1.82) is 0 Å². The fourth-order valence-corrected chi connectivity index (χ4v) is 3.65. The Morgan fingerprint density at radius 2 is 1.06 bits per heavy atom. The van der Waals surface area contributed by atoms with Crippen molar-refractivity contribution in [2.45, 2.75) is 0 Å². The van der Waals surface area contributed by atoms with Crippen molar-refractivity contribution in [3.8, 4) is 0 Å². The highest BCUT2D eigenvalue weighted by Gasteiger charge is 2.07. The summed E-state index contributed by atoms with van der Waals surface area (Å²) in [5.41, 5.74) is 3.45. The molecule has 0 N–H and O–H groups in total. The monoisotopic (exact) mass is 420 g/mol. The average molecular weight is 421 g/mol. The lowest BCUT2D eigenvalue weighted by atomic mass is 9.97. The third-order valence-corrected chi connectivity index (χ3v) is 5.45. The molecule has 158 valence electrons. The van der Waals surface area contributed by atoms with Crippen molar-refractivity contribution in [1.82, 2.24) is 9.13 Å². The summed E-state index contributed by atoms with van der Waals surface area (Å²) in [6.07, 6.45) is 5.37. The molecule has 0 radical (unpaired) electrons. The van der Waals surface area contributed by atoms with Gasteiger partial charge in [-0.3, -0.25) is 9.59 Å². The van der Waals surface area contributed by atoms with E-state index in [1.807, 2.05) is 97.1 Å². The number of rotatable bonds is 4. The summed E-state index contributed by atoms with van der Waals surface area (Å²) in [4.78, 5) is 26.2. The van der Waals surface area contributed by atoms with E-state index < -0.39 is 0 Å². The first-order chi connectivity index (χ1) is 15.6. The summed E-state index contributed by atoms with van der Waals surface area (Å²) in [6, 6.07) is 29.5. The Bertz CT molecular complexity index is 1450. The van der Waals surface area contributed by atoms with Crippen LogP contribution in [0.15, 0.2) is 107 Å². The standard InChI is InChI=1S/C28H24N2O2/c1-29-25(27(31)30(2)26(28(29)32)20-21-12-6-3-7-13-21)19-18-24(22-14-8-4-9-15-22)23-16-10-5-11-17-23/h3-20H,1-2H3. The van der Waals surface area contributed by atoms with E-state index in [0.717, 1.165) is 22.3 Å². The van der Waals surface area contributed by atoms with Crippen LogP contribution in [0.2, 0.25) is 0 Å². The SMILES string of the molecule is Cn1c(=O)c(=Cc2ccccc2)n(C)c(=O)c1=CC=C(c1ccccc1)c1ccccc1. The normalized spacial score (nSPS) is 12.1. The molecule has 4 heteroatoms. The van der Waals surface area contributed by atoms with Crippen molar-refractivity contribution < 1.29 is 0 Å². The Morgan fingerprint density at radius 3 is 1.59 bits per heavy atom. The number of nitrogens with zero attached hydrogens (tertiary/aromatic N) is 2. The highest BCUT2D eigenvalue weighted by Crippen LogP contribution is 2.22. The molecular formula is C28H24N2O2. The lowest BCUT2D eigenvalue weighted by molar-refractivity contribution is 0.696. The van der Waals surface area contributed by atoms with Crippen molar-refractivity contribution >= 4 is 17.7 Å². The van der Waals surface area contributed by atoms with Gasteiger partial charge in [0.25, 0.3) is 11.1 Å². The molecule has 3 aromatic carbocycles. The van der Waals surface area contributed by atoms with Crippen LogP contribution in [-0.4, -0.2) is 9.13 Å². The van der Waals surface area contributed by atoms with Gasteiger partial charge < -0.3 is 9.13 Å². The largest absolute Gasteiger partial charge is 0.305 e. The number of hydrogen-bond donors (Lipinski definition) is 0. The second-order valence-corrected chi connectivity index (χ2v) is 7.53. The van der Waals surface area contributed by atoms with Crippen LogP contribution in [-0.2, 0) is 14.1 Å². The summed E-state index contributed by atoms with van der Waals surface area (Å²) in [6.45, 7) is 0. The van der Waals surface area contributed by atoms with Gasteiger partial charge in [-0.2, -0.15) is 0 Å². The summed E-state index contributed by atoms with van der Waals surface area (Å²) in [7, 11) is 3.27. The van der Waals surface area contributed by atoms with Gasteiger partial charge in [0.2, 0.25) is 0 Å². The van der Waals surface area contributed by atoms with Crippen LogP contribution >= 0.6 is 0 Å². The number of benzene rings is 3. The Kier molecular flexibility index (Phi) is 6.13. The Balaban J connectivity index is 1.94. The third kappa shape index (κ3) is 4.30. The van der Waals surface area contributed by atoms with Gasteiger partial charge in [-0.1, -0.05) is 97.1 Å². The molecular weight excluding hydrogens is 396 g/mol. The molecule has 4 aromatic rings. The molecule has 0 fully saturated rings. The lowest BCUT2D eigenvalue weighted by Gasteiger charge is -2.08. The van der Waals surface area contributed by atoms with Crippen molar-refractivity contribution in [3.63, 3.8) is 0 Å². The molecule has 0 bridgehead atoms. The summed E-state index contributed by atoms with van der Waals surface area (Å²) in [5.74, 6) is 0. The number of hydrogen-bond acceptors (Lipinski definition) is 2. The van der Waals surface area contributed by atoms with Gasteiger partial charge in [0.15, 0.2) is 0 Å². The van der Waals surface area contributed by atoms with Crippen LogP contribution in [0.5, 0.6) is 0 Å². The van der Waals surface area contributed by atoms with Gasteiger partial charge in [-0.05, 0) is 34.4 Å². The van der Waals surface area contributed by atoms with Crippen LogP contribution in [0.4, 0.5) is 0 Å². The molecule has 0 aliphatic rings. The molecule has 1 aromatic heterocycles. The molecule has 1 heterocycles. The van der Waals surface area contributed by atoms with Crippen molar-refractivity contribution in [2.75, 3.05) is 0 Å². The van der Waals surface area contributed by atoms with Crippen LogP contribution in [0.1, 0.15) is 16.7 Å². The van der Waals surface area contributed by atoms with Gasteiger partial charge >= 0.3 is 0 Å². The molecule has 4 rings (SSSR count). The summed E-state index contributed by atoms with van der Waals surface area (Å²) < 4.78 is 2.83. The topological polar surface area (TPSA) is 44.0 Å². The molecule has 0 aliphatic heterocycles. The van der Waals surface area contributed by atoms with E-state index in [9.17, 15) is 9.59 Å². The lowest BCUT2D eigenvalue weighted by Crippen LogP contribution is -2.56. The second kappa shape index (κ2) is 9.31. The van der Waals surface area contributed by atoms with Gasteiger partial charge in [0, 0.05) is 14.1 Å². The molecule has 0 amide bonds. The van der Waals surface area contributed by atoms with Crippen LogP contribution in [0, 0.1) is 0 Å². The average Bonchev–Trinajstić information content (AvgIpc) is 2.84. The van der Waals surface area contributed by atoms with E-state index in [1.165, 1.54) is 9.13 Å².